The Morgan fingerprint density at radius 2 is 1.77 bits per heavy atom. The lowest BCUT2D eigenvalue weighted by Gasteiger charge is -2.44. The molecule has 3 fully saturated rings. The van der Waals surface area contributed by atoms with E-state index in [4.69, 9.17) is 11.6 Å². The van der Waals surface area contributed by atoms with Gasteiger partial charge in [0.15, 0.2) is 5.78 Å². The van der Waals surface area contributed by atoms with Crippen LogP contribution in [0.4, 0.5) is 4.79 Å². The number of likely N-dealkylation sites (N-methyl/N-ethyl adjacent to an activating group) is 1. The van der Waals surface area contributed by atoms with E-state index in [9.17, 15) is 19.2 Å². The summed E-state index contributed by atoms with van der Waals surface area (Å²) in [5.74, 6) is -0.550. The first-order chi connectivity index (χ1) is 14.8. The Hall–Kier alpha value is -2.41. The van der Waals surface area contributed by atoms with Crippen LogP contribution in [-0.2, 0) is 19.9 Å². The monoisotopic (exact) mass is 445 g/mol. The summed E-state index contributed by atoms with van der Waals surface area (Å²) in [4.78, 5) is 54.3. The summed E-state index contributed by atoms with van der Waals surface area (Å²) in [6.45, 7) is 0.00236. The van der Waals surface area contributed by atoms with Crippen molar-refractivity contribution in [3.8, 4) is 0 Å². The molecule has 4 amide bonds. The van der Waals surface area contributed by atoms with Gasteiger partial charge in [0.05, 0.1) is 0 Å². The van der Waals surface area contributed by atoms with Crippen LogP contribution in [0.1, 0.15) is 63.4 Å². The van der Waals surface area contributed by atoms with Crippen LogP contribution in [0.3, 0.4) is 0 Å². The van der Waals surface area contributed by atoms with Crippen molar-refractivity contribution in [2.24, 2.45) is 0 Å². The van der Waals surface area contributed by atoms with Crippen LogP contribution < -0.4 is 5.32 Å². The maximum Gasteiger partial charge on any atom is 0.325 e. The lowest BCUT2D eigenvalue weighted by molar-refractivity contribution is -0.148. The van der Waals surface area contributed by atoms with Gasteiger partial charge in [0, 0.05) is 37.0 Å². The molecule has 31 heavy (non-hydrogen) atoms. The minimum atomic E-state index is -1.11. The first kappa shape index (κ1) is 21.8. The van der Waals surface area contributed by atoms with E-state index in [2.05, 4.69) is 5.32 Å². The van der Waals surface area contributed by atoms with Crippen LogP contribution in [0, 0.1) is 0 Å². The van der Waals surface area contributed by atoms with E-state index in [-0.39, 0.29) is 30.6 Å². The highest BCUT2D eigenvalue weighted by molar-refractivity contribution is 6.31. The number of halogens is 1. The number of hydrogen-bond donors (Lipinski definition) is 1. The lowest BCUT2D eigenvalue weighted by Crippen LogP contribution is -2.54. The number of rotatable bonds is 5. The average Bonchev–Trinajstić information content (AvgIpc) is 3.32. The maximum atomic E-state index is 13.2. The van der Waals surface area contributed by atoms with Gasteiger partial charge in [-0.2, -0.15) is 0 Å². The van der Waals surface area contributed by atoms with Gasteiger partial charge in [0.2, 0.25) is 5.91 Å². The Kier molecular flexibility index (Phi) is 5.81. The molecule has 1 saturated heterocycles. The third-order valence-electron chi connectivity index (χ3n) is 7.17. The number of carbonyl (C=O) groups excluding carboxylic acids is 4. The standard InChI is InChI=1S/C23H28ClN3O4/c1-26(23(14-5-4-10-18(23)28)16-8-2-3-9-17(16)24)19(29)11-15-27-20(30)22(25-21(27)31)12-6-7-13-22/h2-3,8-9H,4-7,10-15H2,1H3,(H,25,31). The third kappa shape index (κ3) is 3.53. The summed E-state index contributed by atoms with van der Waals surface area (Å²) in [6.07, 6.45) is 5.56. The molecule has 166 valence electrons. The van der Waals surface area contributed by atoms with E-state index in [1.165, 1.54) is 4.90 Å². The molecule has 2 aliphatic carbocycles. The molecule has 0 bridgehead atoms. The Morgan fingerprint density at radius 3 is 2.45 bits per heavy atom. The molecule has 1 spiro atoms. The molecule has 4 rings (SSSR count). The number of nitrogens with zero attached hydrogens (tertiary/aromatic N) is 2. The SMILES string of the molecule is CN(C(=O)CCN1C(=O)NC2(CCCC2)C1=O)C1(c2ccccc2Cl)CCCCC1=O. The van der Waals surface area contributed by atoms with Crippen molar-refractivity contribution in [3.05, 3.63) is 34.9 Å². The van der Waals surface area contributed by atoms with E-state index >= 15 is 0 Å². The second-order valence-corrected chi connectivity index (χ2v) is 9.26. The molecular weight excluding hydrogens is 418 g/mol. The number of Topliss-reactive ketones (excluding diaryl/α,β-unsaturated/α-hetero) is 1. The van der Waals surface area contributed by atoms with Crippen molar-refractivity contribution in [2.45, 2.75) is 68.9 Å². The first-order valence-electron chi connectivity index (χ1n) is 11.0. The fraction of sp³-hybridized carbons (Fsp3) is 0.565. The number of ketones is 1. The quantitative estimate of drug-likeness (QED) is 0.704. The molecule has 1 aliphatic heterocycles. The minimum absolute atomic E-state index is 0.00236. The van der Waals surface area contributed by atoms with Gasteiger partial charge in [0.1, 0.15) is 11.1 Å². The predicted molar refractivity (Wildman–Crippen MR) is 115 cm³/mol. The smallest absolute Gasteiger partial charge is 0.325 e. The summed E-state index contributed by atoms with van der Waals surface area (Å²) in [7, 11) is 1.62. The largest absolute Gasteiger partial charge is 0.329 e. The predicted octanol–water partition coefficient (Wildman–Crippen LogP) is 3.39. The van der Waals surface area contributed by atoms with Crippen molar-refractivity contribution in [3.63, 3.8) is 0 Å². The molecule has 1 N–H and O–H groups in total. The molecule has 1 atom stereocenters. The number of benzene rings is 1. The van der Waals surface area contributed by atoms with E-state index in [1.807, 2.05) is 6.07 Å². The van der Waals surface area contributed by atoms with Gasteiger partial charge >= 0.3 is 6.03 Å². The summed E-state index contributed by atoms with van der Waals surface area (Å²) < 4.78 is 0. The average molecular weight is 446 g/mol. The molecule has 2 saturated carbocycles. The molecule has 0 radical (unpaired) electrons. The molecule has 7 nitrogen and oxygen atoms in total. The number of carbonyl (C=O) groups is 4. The zero-order valence-electron chi connectivity index (χ0n) is 17.8. The van der Waals surface area contributed by atoms with Crippen molar-refractivity contribution in [2.75, 3.05) is 13.6 Å². The molecule has 8 heteroatoms. The lowest BCUT2D eigenvalue weighted by atomic mass is 9.74. The fourth-order valence-corrected chi connectivity index (χ4v) is 5.71. The van der Waals surface area contributed by atoms with E-state index in [1.54, 1.807) is 25.2 Å². The second kappa shape index (κ2) is 8.26. The molecule has 1 aromatic rings. The van der Waals surface area contributed by atoms with Gasteiger partial charge < -0.3 is 10.2 Å². The Labute approximate surface area is 187 Å². The van der Waals surface area contributed by atoms with Crippen molar-refractivity contribution in [1.29, 1.82) is 0 Å². The van der Waals surface area contributed by atoms with Gasteiger partial charge in [-0.3, -0.25) is 19.3 Å². The van der Waals surface area contributed by atoms with E-state index in [0.717, 1.165) is 30.6 Å². The third-order valence-corrected chi connectivity index (χ3v) is 7.50. The highest BCUT2D eigenvalue weighted by Gasteiger charge is 2.53. The summed E-state index contributed by atoms with van der Waals surface area (Å²) in [5, 5.41) is 3.29. The van der Waals surface area contributed by atoms with Gasteiger partial charge in [-0.15, -0.1) is 0 Å². The maximum absolute atomic E-state index is 13.2. The summed E-state index contributed by atoms with van der Waals surface area (Å²) >= 11 is 6.45. The second-order valence-electron chi connectivity index (χ2n) is 8.85. The minimum Gasteiger partial charge on any atom is -0.329 e. The number of urea groups is 1. The molecule has 3 aliphatic rings. The Morgan fingerprint density at radius 1 is 1.10 bits per heavy atom. The topological polar surface area (TPSA) is 86.8 Å². The summed E-state index contributed by atoms with van der Waals surface area (Å²) in [6, 6.07) is 6.71. The van der Waals surface area contributed by atoms with Crippen molar-refractivity contribution >= 4 is 35.2 Å². The number of imide groups is 1. The van der Waals surface area contributed by atoms with Gasteiger partial charge in [0.25, 0.3) is 5.91 Å². The zero-order chi connectivity index (χ0) is 22.2. The highest BCUT2D eigenvalue weighted by atomic mass is 35.5. The number of hydrogen-bond acceptors (Lipinski definition) is 4. The Balaban J connectivity index is 1.53. The van der Waals surface area contributed by atoms with Gasteiger partial charge in [-0.25, -0.2) is 4.79 Å². The van der Waals surface area contributed by atoms with Crippen LogP contribution in [-0.4, -0.2) is 52.6 Å². The number of nitrogens with one attached hydrogen (secondary N) is 1. The molecule has 1 heterocycles. The van der Waals surface area contributed by atoms with Crippen molar-refractivity contribution < 1.29 is 19.2 Å². The molecule has 0 aromatic heterocycles. The zero-order valence-corrected chi connectivity index (χ0v) is 18.5. The van der Waals surface area contributed by atoms with E-state index < -0.39 is 17.1 Å². The highest BCUT2D eigenvalue weighted by Crippen LogP contribution is 2.42. The van der Waals surface area contributed by atoms with Crippen LogP contribution in [0.2, 0.25) is 5.02 Å². The fourth-order valence-electron chi connectivity index (χ4n) is 5.41. The van der Waals surface area contributed by atoms with Crippen LogP contribution >= 0.6 is 11.6 Å². The van der Waals surface area contributed by atoms with Crippen LogP contribution in [0.15, 0.2) is 24.3 Å². The van der Waals surface area contributed by atoms with Crippen molar-refractivity contribution in [1.82, 2.24) is 15.1 Å². The van der Waals surface area contributed by atoms with Gasteiger partial charge in [-0.05, 0) is 38.2 Å². The molecular formula is C23H28ClN3O4. The normalized spacial score (nSPS) is 25.2. The molecule has 1 aromatic carbocycles. The molecule has 1 unspecified atom stereocenters. The Bertz CT molecular complexity index is 927. The summed E-state index contributed by atoms with van der Waals surface area (Å²) in [5.41, 5.74) is -1.26. The first-order valence-corrected chi connectivity index (χ1v) is 11.4. The number of amides is 4. The van der Waals surface area contributed by atoms with Gasteiger partial charge in [-0.1, -0.05) is 42.6 Å². The van der Waals surface area contributed by atoms with Crippen LogP contribution in [0.25, 0.3) is 0 Å². The van der Waals surface area contributed by atoms with E-state index in [0.29, 0.717) is 36.3 Å². The van der Waals surface area contributed by atoms with Crippen LogP contribution in [0.5, 0.6) is 0 Å².